The van der Waals surface area contributed by atoms with Crippen LogP contribution < -0.4 is 5.32 Å². The van der Waals surface area contributed by atoms with Gasteiger partial charge in [-0.2, -0.15) is 0 Å². The third kappa shape index (κ3) is 6.50. The zero-order valence-corrected chi connectivity index (χ0v) is 15.9. The minimum atomic E-state index is -0.141. The summed E-state index contributed by atoms with van der Waals surface area (Å²) in [5.74, 6) is 1.29. The van der Waals surface area contributed by atoms with Crippen LogP contribution in [-0.2, 0) is 22.7 Å². The number of piperidine rings is 1. The van der Waals surface area contributed by atoms with Crippen LogP contribution in [0.25, 0.3) is 0 Å². The van der Waals surface area contributed by atoms with E-state index in [1.165, 1.54) is 36.9 Å². The average molecular weight is 345 g/mol. The van der Waals surface area contributed by atoms with E-state index in [4.69, 9.17) is 0 Å². The van der Waals surface area contributed by atoms with E-state index >= 15 is 0 Å². The molecule has 0 bridgehead atoms. The maximum atomic E-state index is 11.8. The Balaban J connectivity index is 1.79. The number of carbonyl (C=O) groups is 2. The molecule has 5 heteroatoms. The lowest BCUT2D eigenvalue weighted by Gasteiger charge is -2.35. The van der Waals surface area contributed by atoms with E-state index in [1.807, 2.05) is 0 Å². The number of amides is 2. The summed E-state index contributed by atoms with van der Waals surface area (Å²) >= 11 is 0. The molecule has 2 atom stereocenters. The van der Waals surface area contributed by atoms with Crippen molar-refractivity contribution in [3.8, 4) is 0 Å². The predicted molar refractivity (Wildman–Crippen MR) is 99.8 cm³/mol. The quantitative estimate of drug-likeness (QED) is 0.860. The number of rotatable bonds is 6. The molecule has 5 nitrogen and oxygen atoms in total. The summed E-state index contributed by atoms with van der Waals surface area (Å²) in [6.07, 6.45) is 1.33. The lowest BCUT2D eigenvalue weighted by Crippen LogP contribution is -2.38. The van der Waals surface area contributed by atoms with E-state index in [2.05, 4.69) is 48.3 Å². The summed E-state index contributed by atoms with van der Waals surface area (Å²) in [4.78, 5) is 26.9. The Labute approximate surface area is 151 Å². The molecule has 1 N–H and O–H groups in total. The van der Waals surface area contributed by atoms with Gasteiger partial charge >= 0.3 is 0 Å². The van der Waals surface area contributed by atoms with Gasteiger partial charge in [-0.05, 0) is 29.4 Å². The fourth-order valence-corrected chi connectivity index (χ4v) is 3.53. The van der Waals surface area contributed by atoms with Crippen molar-refractivity contribution >= 4 is 11.8 Å². The molecule has 0 saturated carbocycles. The Bertz CT molecular complexity index is 575. The van der Waals surface area contributed by atoms with Gasteiger partial charge in [0.1, 0.15) is 0 Å². The van der Waals surface area contributed by atoms with Crippen molar-refractivity contribution in [3.63, 3.8) is 0 Å². The number of likely N-dealkylation sites (N-methyl/N-ethyl adjacent to an activating group) is 1. The Morgan fingerprint density at radius 2 is 1.68 bits per heavy atom. The van der Waals surface area contributed by atoms with Gasteiger partial charge in [-0.1, -0.05) is 38.1 Å². The van der Waals surface area contributed by atoms with Crippen molar-refractivity contribution in [1.82, 2.24) is 15.1 Å². The molecular formula is C20H31N3O2. The van der Waals surface area contributed by atoms with Crippen LogP contribution in [0.1, 0.15) is 38.3 Å². The van der Waals surface area contributed by atoms with Gasteiger partial charge < -0.3 is 10.2 Å². The van der Waals surface area contributed by atoms with E-state index in [9.17, 15) is 9.59 Å². The van der Waals surface area contributed by atoms with Crippen LogP contribution in [0.2, 0.25) is 0 Å². The highest BCUT2D eigenvalue weighted by Gasteiger charge is 2.21. The second kappa shape index (κ2) is 8.99. The Morgan fingerprint density at radius 1 is 1.12 bits per heavy atom. The van der Waals surface area contributed by atoms with Gasteiger partial charge in [0.15, 0.2) is 0 Å². The van der Waals surface area contributed by atoms with Crippen molar-refractivity contribution in [2.24, 2.45) is 11.8 Å². The first-order valence-electron chi connectivity index (χ1n) is 9.12. The van der Waals surface area contributed by atoms with Gasteiger partial charge in [0.05, 0.1) is 6.54 Å². The molecule has 1 aliphatic heterocycles. The molecule has 0 radical (unpaired) electrons. The molecule has 0 aromatic heterocycles. The average Bonchev–Trinajstić information content (AvgIpc) is 2.53. The smallest absolute Gasteiger partial charge is 0.239 e. The topological polar surface area (TPSA) is 52.7 Å². The SMILES string of the molecule is CC(=O)N(C)CC(=O)NCc1ccc(CN2CC(C)CC(C)C2)cc1. The maximum absolute atomic E-state index is 11.8. The van der Waals surface area contributed by atoms with Gasteiger partial charge in [-0.15, -0.1) is 0 Å². The highest BCUT2D eigenvalue weighted by atomic mass is 16.2. The molecular weight excluding hydrogens is 314 g/mol. The van der Waals surface area contributed by atoms with Crippen molar-refractivity contribution < 1.29 is 9.59 Å². The third-order valence-corrected chi connectivity index (χ3v) is 4.78. The predicted octanol–water partition coefficient (Wildman–Crippen LogP) is 2.26. The van der Waals surface area contributed by atoms with Gasteiger partial charge in [0.25, 0.3) is 0 Å². The van der Waals surface area contributed by atoms with Crippen molar-refractivity contribution in [2.75, 3.05) is 26.7 Å². The lowest BCUT2D eigenvalue weighted by atomic mass is 9.91. The van der Waals surface area contributed by atoms with Crippen LogP contribution in [0.5, 0.6) is 0 Å². The highest BCUT2D eigenvalue weighted by Crippen LogP contribution is 2.22. The fourth-order valence-electron chi connectivity index (χ4n) is 3.53. The number of hydrogen-bond acceptors (Lipinski definition) is 3. The fraction of sp³-hybridized carbons (Fsp3) is 0.600. The van der Waals surface area contributed by atoms with Gasteiger partial charge in [-0.3, -0.25) is 14.5 Å². The Hall–Kier alpha value is -1.88. The summed E-state index contributed by atoms with van der Waals surface area (Å²) in [6, 6.07) is 8.43. The third-order valence-electron chi connectivity index (χ3n) is 4.78. The summed E-state index contributed by atoms with van der Waals surface area (Å²) in [5, 5.41) is 2.85. The molecule has 25 heavy (non-hydrogen) atoms. The number of hydrogen-bond donors (Lipinski definition) is 1. The van der Waals surface area contributed by atoms with Crippen molar-refractivity contribution in [2.45, 2.75) is 40.3 Å². The highest BCUT2D eigenvalue weighted by molar-refractivity contribution is 5.83. The zero-order valence-electron chi connectivity index (χ0n) is 15.9. The number of nitrogens with one attached hydrogen (secondary N) is 1. The molecule has 1 aliphatic rings. The Morgan fingerprint density at radius 3 is 2.24 bits per heavy atom. The first kappa shape index (κ1) is 19.4. The lowest BCUT2D eigenvalue weighted by molar-refractivity contribution is -0.133. The van der Waals surface area contributed by atoms with Crippen molar-refractivity contribution in [3.05, 3.63) is 35.4 Å². The second-order valence-corrected chi connectivity index (χ2v) is 7.61. The van der Waals surface area contributed by atoms with E-state index in [1.54, 1.807) is 7.05 Å². The molecule has 0 aliphatic carbocycles. The largest absolute Gasteiger partial charge is 0.350 e. The number of likely N-dealkylation sites (tertiary alicyclic amines) is 1. The molecule has 1 saturated heterocycles. The molecule has 1 heterocycles. The van der Waals surface area contributed by atoms with Gasteiger partial charge in [-0.25, -0.2) is 0 Å². The van der Waals surface area contributed by atoms with E-state index in [0.29, 0.717) is 6.54 Å². The van der Waals surface area contributed by atoms with Crippen LogP contribution in [0.4, 0.5) is 0 Å². The molecule has 2 unspecified atom stereocenters. The molecule has 0 spiro atoms. The van der Waals surface area contributed by atoms with Crippen LogP contribution in [0.3, 0.4) is 0 Å². The second-order valence-electron chi connectivity index (χ2n) is 7.61. The Kier molecular flexibility index (Phi) is 7.00. The molecule has 1 aromatic carbocycles. The van der Waals surface area contributed by atoms with E-state index in [-0.39, 0.29) is 18.4 Å². The first-order valence-corrected chi connectivity index (χ1v) is 9.12. The van der Waals surface area contributed by atoms with Crippen LogP contribution in [0.15, 0.2) is 24.3 Å². The normalized spacial score (nSPS) is 21.0. The number of carbonyl (C=O) groups excluding carboxylic acids is 2. The molecule has 2 rings (SSSR count). The zero-order chi connectivity index (χ0) is 18.4. The number of nitrogens with zero attached hydrogens (tertiary/aromatic N) is 2. The van der Waals surface area contributed by atoms with Gasteiger partial charge in [0.2, 0.25) is 11.8 Å². The summed E-state index contributed by atoms with van der Waals surface area (Å²) in [5.41, 5.74) is 2.38. The van der Waals surface area contributed by atoms with Crippen LogP contribution in [0, 0.1) is 11.8 Å². The summed E-state index contributed by atoms with van der Waals surface area (Å²) < 4.78 is 0. The summed E-state index contributed by atoms with van der Waals surface area (Å²) in [7, 11) is 1.62. The first-order chi connectivity index (χ1) is 11.8. The minimum Gasteiger partial charge on any atom is -0.350 e. The monoisotopic (exact) mass is 345 g/mol. The number of benzene rings is 1. The van der Waals surface area contributed by atoms with E-state index in [0.717, 1.165) is 23.9 Å². The minimum absolute atomic E-state index is 0.0960. The molecule has 1 aromatic rings. The summed E-state index contributed by atoms with van der Waals surface area (Å²) in [6.45, 7) is 10.0. The molecule has 1 fully saturated rings. The molecule has 138 valence electrons. The van der Waals surface area contributed by atoms with Gasteiger partial charge in [0, 0.05) is 40.2 Å². The maximum Gasteiger partial charge on any atom is 0.239 e. The van der Waals surface area contributed by atoms with Crippen LogP contribution in [-0.4, -0.2) is 48.3 Å². The van der Waals surface area contributed by atoms with Crippen LogP contribution >= 0.6 is 0 Å². The van der Waals surface area contributed by atoms with Crippen molar-refractivity contribution in [1.29, 1.82) is 0 Å². The standard InChI is InChI=1S/C20H31N3O2/c1-15-9-16(2)12-23(11-15)13-19-7-5-18(6-8-19)10-21-20(25)14-22(4)17(3)24/h5-8,15-16H,9-14H2,1-4H3,(H,21,25). The van der Waals surface area contributed by atoms with E-state index < -0.39 is 0 Å². The molecule has 2 amide bonds.